The number of alkyl halides is 3. The fourth-order valence-corrected chi connectivity index (χ4v) is 3.51. The van der Waals surface area contributed by atoms with Gasteiger partial charge in [-0.3, -0.25) is 14.3 Å². The van der Waals surface area contributed by atoms with Crippen molar-refractivity contribution in [1.29, 1.82) is 0 Å². The van der Waals surface area contributed by atoms with E-state index in [4.69, 9.17) is 4.74 Å². The summed E-state index contributed by atoms with van der Waals surface area (Å²) in [5.74, 6) is 0.502. The Morgan fingerprint density at radius 1 is 1.18 bits per heavy atom. The Hall–Kier alpha value is -2.88. The Balaban J connectivity index is 2.03. The fourth-order valence-electron chi connectivity index (χ4n) is 3.00. The minimum absolute atomic E-state index is 0.246. The van der Waals surface area contributed by atoms with Gasteiger partial charge in [0, 0.05) is 30.9 Å². The van der Waals surface area contributed by atoms with Gasteiger partial charge in [0.25, 0.3) is 5.56 Å². The second kappa shape index (κ2) is 6.33. The molecule has 0 N–H and O–H groups in total. The van der Waals surface area contributed by atoms with Gasteiger partial charge in [-0.25, -0.2) is 4.52 Å². The van der Waals surface area contributed by atoms with Crippen LogP contribution in [0.3, 0.4) is 0 Å². The van der Waals surface area contributed by atoms with E-state index in [1.807, 2.05) is 0 Å². The number of halogens is 4. The van der Waals surface area contributed by atoms with Gasteiger partial charge in [-0.2, -0.15) is 18.3 Å². The van der Waals surface area contributed by atoms with Gasteiger partial charge >= 0.3 is 6.18 Å². The highest BCUT2D eigenvalue weighted by atomic mass is 79.9. The first-order valence-electron chi connectivity index (χ1n) is 8.00. The number of benzene rings is 1. The number of hydrogen-bond donors (Lipinski definition) is 0. The average molecular weight is 453 g/mol. The molecule has 0 radical (unpaired) electrons. The summed E-state index contributed by atoms with van der Waals surface area (Å²) in [4.78, 5) is 16.1. The van der Waals surface area contributed by atoms with E-state index in [1.54, 1.807) is 25.2 Å². The lowest BCUT2D eigenvalue weighted by Crippen LogP contribution is -2.19. The SMILES string of the molecule is COc1cc2c(cc1Br)c(=O)n(C)c1cc(-c3ccnc(C(F)(F)F)c3)nn21. The van der Waals surface area contributed by atoms with Crippen LogP contribution < -0.4 is 10.3 Å². The topological polar surface area (TPSA) is 61.4 Å². The number of aryl methyl sites for hydroxylation is 1. The highest BCUT2D eigenvalue weighted by molar-refractivity contribution is 9.10. The maximum absolute atomic E-state index is 13.0. The minimum Gasteiger partial charge on any atom is -0.495 e. The molecule has 0 aliphatic carbocycles. The first-order chi connectivity index (χ1) is 13.2. The molecule has 0 unspecified atom stereocenters. The first-order valence-corrected chi connectivity index (χ1v) is 8.79. The zero-order valence-electron chi connectivity index (χ0n) is 14.6. The Labute approximate surface area is 164 Å². The molecule has 0 aliphatic heterocycles. The molecule has 0 fully saturated rings. The number of rotatable bonds is 2. The Morgan fingerprint density at radius 2 is 1.93 bits per heavy atom. The van der Waals surface area contributed by atoms with Gasteiger partial charge in [0.05, 0.1) is 28.2 Å². The van der Waals surface area contributed by atoms with Gasteiger partial charge in [-0.05, 0) is 34.1 Å². The molecule has 0 spiro atoms. The van der Waals surface area contributed by atoms with E-state index >= 15 is 0 Å². The van der Waals surface area contributed by atoms with E-state index in [9.17, 15) is 18.0 Å². The summed E-state index contributed by atoms with van der Waals surface area (Å²) in [6.45, 7) is 0. The van der Waals surface area contributed by atoms with Gasteiger partial charge in [0.2, 0.25) is 0 Å². The van der Waals surface area contributed by atoms with Gasteiger partial charge in [-0.15, -0.1) is 0 Å². The van der Waals surface area contributed by atoms with Crippen molar-refractivity contribution in [2.45, 2.75) is 6.18 Å². The number of fused-ring (bicyclic) bond motifs is 3. The second-order valence-electron chi connectivity index (χ2n) is 6.10. The molecule has 1 aromatic carbocycles. The number of ether oxygens (including phenoxy) is 1. The summed E-state index contributed by atoms with van der Waals surface area (Å²) < 4.78 is 47.7. The van der Waals surface area contributed by atoms with E-state index in [2.05, 4.69) is 26.0 Å². The zero-order chi connectivity index (χ0) is 20.2. The van der Waals surface area contributed by atoms with Crippen LogP contribution in [0.15, 0.2) is 45.8 Å². The van der Waals surface area contributed by atoms with Gasteiger partial charge in [-0.1, -0.05) is 0 Å². The number of pyridine rings is 1. The predicted molar refractivity (Wildman–Crippen MR) is 100 cm³/mol. The van der Waals surface area contributed by atoms with Crippen LogP contribution in [0.2, 0.25) is 0 Å². The largest absolute Gasteiger partial charge is 0.495 e. The summed E-state index contributed by atoms with van der Waals surface area (Å²) in [7, 11) is 3.07. The van der Waals surface area contributed by atoms with Gasteiger partial charge < -0.3 is 4.74 Å². The van der Waals surface area contributed by atoms with Crippen LogP contribution in [0.4, 0.5) is 13.2 Å². The smallest absolute Gasteiger partial charge is 0.433 e. The van der Waals surface area contributed by atoms with Crippen molar-refractivity contribution < 1.29 is 17.9 Å². The Morgan fingerprint density at radius 3 is 2.61 bits per heavy atom. The molecule has 0 atom stereocenters. The van der Waals surface area contributed by atoms with Crippen LogP contribution in [-0.2, 0) is 13.2 Å². The number of methoxy groups -OCH3 is 1. The molecule has 28 heavy (non-hydrogen) atoms. The minimum atomic E-state index is -4.56. The summed E-state index contributed by atoms with van der Waals surface area (Å²) >= 11 is 3.35. The monoisotopic (exact) mass is 452 g/mol. The van der Waals surface area contributed by atoms with Crippen molar-refractivity contribution in [3.05, 3.63) is 57.0 Å². The third-order valence-corrected chi connectivity index (χ3v) is 5.03. The number of aromatic nitrogens is 4. The third-order valence-electron chi connectivity index (χ3n) is 4.41. The predicted octanol–water partition coefficient (Wildman–Crippen LogP) is 4.04. The van der Waals surface area contributed by atoms with E-state index in [-0.39, 0.29) is 16.8 Å². The summed E-state index contributed by atoms with van der Waals surface area (Å²) in [5, 5.41) is 4.82. The van der Waals surface area contributed by atoms with Crippen LogP contribution in [-0.4, -0.2) is 26.3 Å². The molecule has 144 valence electrons. The summed E-state index contributed by atoms with van der Waals surface area (Å²) in [6, 6.07) is 7.21. The lowest BCUT2D eigenvalue weighted by Gasteiger charge is -2.09. The van der Waals surface area contributed by atoms with Crippen LogP contribution in [0.5, 0.6) is 5.75 Å². The van der Waals surface area contributed by atoms with Gasteiger partial charge in [0.15, 0.2) is 0 Å². The summed E-state index contributed by atoms with van der Waals surface area (Å²) in [5.41, 5.74) is 0.180. The lowest BCUT2D eigenvalue weighted by atomic mass is 10.1. The molecule has 0 aliphatic rings. The van der Waals surface area contributed by atoms with E-state index < -0.39 is 11.9 Å². The molecule has 4 aromatic rings. The second-order valence-corrected chi connectivity index (χ2v) is 6.95. The molecule has 0 amide bonds. The molecule has 6 nitrogen and oxygen atoms in total. The van der Waals surface area contributed by atoms with Crippen molar-refractivity contribution in [2.24, 2.45) is 7.05 Å². The fraction of sp³-hybridized carbons (Fsp3) is 0.167. The quantitative estimate of drug-likeness (QED) is 0.460. The number of hydrogen-bond acceptors (Lipinski definition) is 4. The average Bonchev–Trinajstić information content (AvgIpc) is 3.11. The highest BCUT2D eigenvalue weighted by Gasteiger charge is 2.32. The first kappa shape index (κ1) is 18.5. The van der Waals surface area contributed by atoms with Crippen molar-refractivity contribution in [1.82, 2.24) is 19.2 Å². The number of nitrogens with zero attached hydrogens (tertiary/aromatic N) is 4. The molecule has 4 rings (SSSR count). The van der Waals surface area contributed by atoms with Gasteiger partial charge in [0.1, 0.15) is 17.1 Å². The molecule has 0 bridgehead atoms. The van der Waals surface area contributed by atoms with Crippen molar-refractivity contribution in [2.75, 3.05) is 7.11 Å². The molecular weight excluding hydrogens is 441 g/mol. The zero-order valence-corrected chi connectivity index (χ0v) is 16.2. The lowest BCUT2D eigenvalue weighted by molar-refractivity contribution is -0.141. The van der Waals surface area contributed by atoms with Crippen molar-refractivity contribution in [3.8, 4) is 17.0 Å². The van der Waals surface area contributed by atoms with Crippen LogP contribution in [0.1, 0.15) is 5.69 Å². The molecular formula is C18H12BrF3N4O2. The van der Waals surface area contributed by atoms with Crippen LogP contribution in [0.25, 0.3) is 27.8 Å². The maximum atomic E-state index is 13.0. The third kappa shape index (κ3) is 2.84. The molecule has 10 heteroatoms. The highest BCUT2D eigenvalue weighted by Crippen LogP contribution is 2.32. The van der Waals surface area contributed by atoms with E-state index in [0.717, 1.165) is 12.3 Å². The maximum Gasteiger partial charge on any atom is 0.433 e. The molecule has 3 heterocycles. The van der Waals surface area contributed by atoms with Crippen LogP contribution >= 0.6 is 15.9 Å². The van der Waals surface area contributed by atoms with E-state index in [1.165, 1.54) is 22.3 Å². The Bertz CT molecular complexity index is 1290. The molecule has 3 aromatic heterocycles. The summed E-state index contributed by atoms with van der Waals surface area (Å²) in [6.07, 6.45) is -3.48. The Kier molecular flexibility index (Phi) is 4.18. The van der Waals surface area contributed by atoms with Crippen molar-refractivity contribution >= 4 is 32.5 Å². The van der Waals surface area contributed by atoms with Crippen LogP contribution in [0, 0.1) is 0 Å². The van der Waals surface area contributed by atoms with Crippen molar-refractivity contribution in [3.63, 3.8) is 0 Å². The standard InChI is InChI=1S/C18H12BrF3N4O2/c1-25-16-7-12(9-3-4-23-15(5-9)18(20,21)22)24-26(16)13-8-14(28-2)11(19)6-10(13)17(25)27/h3-8H,1-2H3. The molecule has 0 saturated heterocycles. The van der Waals surface area contributed by atoms with E-state index in [0.29, 0.717) is 26.8 Å². The normalized spacial score (nSPS) is 12.1. The molecule has 0 saturated carbocycles.